The van der Waals surface area contributed by atoms with Gasteiger partial charge >= 0.3 is 0 Å². The summed E-state index contributed by atoms with van der Waals surface area (Å²) in [6, 6.07) is 0. The van der Waals surface area contributed by atoms with Crippen molar-refractivity contribution in [2.75, 3.05) is 53.4 Å². The molecule has 0 amide bonds. The van der Waals surface area contributed by atoms with E-state index in [0.29, 0.717) is 0 Å². The Kier molecular flexibility index (Phi) is 23.2. The van der Waals surface area contributed by atoms with Crippen LogP contribution in [-0.2, 0) is 66.3 Å². The lowest BCUT2D eigenvalue weighted by Crippen LogP contribution is -2.68. The molecule has 35 atom stereocenters. The lowest BCUT2D eigenvalue weighted by molar-refractivity contribution is -0.398. The topological polar surface area (TPSA) is 574 Å². The van der Waals surface area contributed by atoms with Crippen LogP contribution in [0.15, 0.2) is 0 Å². The average Bonchev–Trinajstić information content (AvgIpc) is 3.46. The summed E-state index contributed by atoms with van der Waals surface area (Å²) < 4.78 is 78.4. The molecule has 7 rings (SSSR count). The van der Waals surface area contributed by atoms with E-state index in [1.165, 1.54) is 0 Å². The van der Waals surface area contributed by atoms with Gasteiger partial charge in [0.25, 0.3) is 0 Å². The number of aliphatic hydroxyl groups is 22. The smallest absolute Gasteiger partial charge is 0.187 e. The minimum atomic E-state index is -2.38. The highest BCUT2D eigenvalue weighted by molar-refractivity contribution is 5.00. The van der Waals surface area contributed by atoms with Crippen LogP contribution in [0.3, 0.4) is 0 Å². The second-order valence-corrected chi connectivity index (χ2v) is 19.9. The largest absolute Gasteiger partial charge is 0.394 e. The van der Waals surface area contributed by atoms with Crippen LogP contribution in [0.2, 0.25) is 0 Å². The van der Waals surface area contributed by atoms with Crippen molar-refractivity contribution in [3.63, 3.8) is 0 Å². The molecular weight excluding hydrogens is 1090 g/mol. The summed E-state index contributed by atoms with van der Waals surface area (Å²) in [6.07, 6.45) is -68.8. The fraction of sp³-hybridized carbons (Fsp3) is 1.00. The first-order valence-electron chi connectivity index (χ1n) is 25.0. The summed E-state index contributed by atoms with van der Waals surface area (Å²) in [7, 11) is 1.10. The van der Waals surface area contributed by atoms with Gasteiger partial charge in [-0.2, -0.15) is 0 Å². The quantitative estimate of drug-likeness (QED) is 0.0538. The van der Waals surface area contributed by atoms with Crippen LogP contribution in [0, 0.1) is 0 Å². The van der Waals surface area contributed by atoms with Crippen LogP contribution in [0.1, 0.15) is 0 Å². The van der Waals surface area contributed by atoms with Gasteiger partial charge in [0.1, 0.15) is 171 Å². The molecule has 0 aromatic rings. The Hall–Kier alpha value is -1.44. The van der Waals surface area contributed by atoms with Crippen molar-refractivity contribution in [3.05, 3.63) is 0 Å². The SMILES string of the molecule is CO[C@H]1OC(CO)[C@@H](O)[C@H](O[C@H]2OC(CO[C@@H]3OC(CO)[C@@H](O)[C@H](O)C3O)[C@@H](O)[C@H](O[C@@H]3OC(CO)[C@@H](O)[C@H](O[C@H]4OC(CO[C@@H]5OC(CO)[C@@H](O)[C@H](O)C5O)[C@@H](O)[C@H](O[C@@H]5OC(CO)[C@@H](O)[C@H](O)C5O)C4O)C3O)C2O)C1O. The summed E-state index contributed by atoms with van der Waals surface area (Å²) >= 11 is 0. The van der Waals surface area contributed by atoms with Crippen molar-refractivity contribution < 1.29 is 179 Å². The number of rotatable bonds is 20. The van der Waals surface area contributed by atoms with Crippen LogP contribution >= 0.6 is 0 Å². The molecule has 0 spiro atoms. The number of ether oxygens (including phenoxy) is 14. The fourth-order valence-corrected chi connectivity index (χ4v) is 9.95. The summed E-state index contributed by atoms with van der Waals surface area (Å²) in [5.74, 6) is 0. The molecule has 0 aromatic heterocycles. The number of aliphatic hydroxyl groups excluding tert-OH is 22. The summed E-state index contributed by atoms with van der Waals surface area (Å²) in [5, 5.41) is 236. The minimum absolute atomic E-state index is 0.855. The highest BCUT2D eigenvalue weighted by Crippen LogP contribution is 2.37. The third-order valence-corrected chi connectivity index (χ3v) is 14.7. The Morgan fingerprint density at radius 1 is 0.241 bits per heavy atom. The Labute approximate surface area is 446 Å². The van der Waals surface area contributed by atoms with Gasteiger partial charge in [0.15, 0.2) is 44.0 Å². The van der Waals surface area contributed by atoms with Crippen molar-refractivity contribution in [1.82, 2.24) is 0 Å². The van der Waals surface area contributed by atoms with Crippen molar-refractivity contribution in [3.8, 4) is 0 Å². The molecule has 36 nitrogen and oxygen atoms in total. The van der Waals surface area contributed by atoms with Crippen molar-refractivity contribution in [2.45, 2.75) is 215 Å². The Morgan fingerprint density at radius 2 is 0.456 bits per heavy atom. The molecule has 14 unspecified atom stereocenters. The van der Waals surface area contributed by atoms with E-state index in [2.05, 4.69) is 0 Å². The molecule has 0 saturated carbocycles. The van der Waals surface area contributed by atoms with Gasteiger partial charge in [-0.3, -0.25) is 0 Å². The maximum atomic E-state index is 11.9. The van der Waals surface area contributed by atoms with Crippen molar-refractivity contribution >= 4 is 0 Å². The van der Waals surface area contributed by atoms with Gasteiger partial charge in [0.05, 0.1) is 46.2 Å². The van der Waals surface area contributed by atoms with Gasteiger partial charge in [-0.25, -0.2) is 0 Å². The van der Waals surface area contributed by atoms with E-state index >= 15 is 0 Å². The maximum absolute atomic E-state index is 11.9. The van der Waals surface area contributed by atoms with Crippen LogP contribution in [0.4, 0.5) is 0 Å². The molecular formula is C43H74O36. The van der Waals surface area contributed by atoms with Crippen LogP contribution in [0.5, 0.6) is 0 Å². The predicted molar refractivity (Wildman–Crippen MR) is 237 cm³/mol. The number of hydrogen-bond donors (Lipinski definition) is 22. The molecule has 7 aliphatic rings. The van der Waals surface area contributed by atoms with Gasteiger partial charge in [0, 0.05) is 7.11 Å². The molecule has 0 aromatic carbocycles. The zero-order valence-electron chi connectivity index (χ0n) is 41.7. The minimum Gasteiger partial charge on any atom is -0.394 e. The highest BCUT2D eigenvalue weighted by Gasteiger charge is 2.58. The molecule has 7 heterocycles. The van der Waals surface area contributed by atoms with Crippen molar-refractivity contribution in [1.29, 1.82) is 0 Å². The van der Waals surface area contributed by atoms with Gasteiger partial charge in [-0.15, -0.1) is 0 Å². The van der Waals surface area contributed by atoms with Crippen LogP contribution < -0.4 is 0 Å². The molecule has 462 valence electrons. The second-order valence-electron chi connectivity index (χ2n) is 19.9. The monoisotopic (exact) mass is 1170 g/mol. The summed E-state index contributed by atoms with van der Waals surface area (Å²) in [5.41, 5.74) is 0. The van der Waals surface area contributed by atoms with Gasteiger partial charge in [-0.05, 0) is 0 Å². The third-order valence-electron chi connectivity index (χ3n) is 14.7. The third kappa shape index (κ3) is 13.7. The van der Waals surface area contributed by atoms with E-state index in [-0.39, 0.29) is 0 Å². The van der Waals surface area contributed by atoms with E-state index in [1.807, 2.05) is 0 Å². The first kappa shape index (κ1) is 65.1. The summed E-state index contributed by atoms with van der Waals surface area (Å²) in [6.45, 7) is -6.53. The molecule has 0 radical (unpaired) electrons. The van der Waals surface area contributed by atoms with E-state index in [0.717, 1.165) is 7.11 Å². The fourth-order valence-electron chi connectivity index (χ4n) is 9.95. The molecule has 22 N–H and O–H groups in total. The Bertz CT molecular complexity index is 1810. The molecule has 7 fully saturated rings. The predicted octanol–water partition coefficient (Wildman–Crippen LogP) is -15.6. The van der Waals surface area contributed by atoms with Gasteiger partial charge in [-0.1, -0.05) is 0 Å². The molecule has 0 aliphatic carbocycles. The maximum Gasteiger partial charge on any atom is 0.187 e. The van der Waals surface area contributed by atoms with Gasteiger partial charge in [0.2, 0.25) is 0 Å². The first-order valence-corrected chi connectivity index (χ1v) is 25.0. The number of hydrogen-bond acceptors (Lipinski definition) is 36. The standard InChI is InChI=1S/C43H74O36/c1-66-37-29(62)33(19(52)12(5-47)69-37)77-42-32(65)36(22(55)15(74-42)8-68-39-27(60)24(57)17(50)10(3-45)71-39)79-41-30(63)34(20(53)13(6-48)73-41)78-43-31(64)35(76-40-28(61)25(58)18(51)11(4-46)72-40)21(54)14(75-43)7-67-38-26(59)23(56)16(49)9(2-44)70-38/h9-65H,2-8H2,1H3/t9?,10?,11?,12?,13?,14?,15?,16-,17-,18-,19-,20-,21-,22-,23+,24+,25+,26?,27?,28?,29?,30?,31?,32?,33+,34+,35+,36+,37+,38-,39-,40+,41+,42-,43-/m1/s1. The Morgan fingerprint density at radius 3 is 0.747 bits per heavy atom. The van der Waals surface area contributed by atoms with E-state index < -0.39 is 261 Å². The zero-order chi connectivity index (χ0) is 58.1. The Balaban J connectivity index is 1.15. The van der Waals surface area contributed by atoms with Crippen LogP contribution in [0.25, 0.3) is 0 Å². The summed E-state index contributed by atoms with van der Waals surface area (Å²) in [4.78, 5) is 0. The van der Waals surface area contributed by atoms with Crippen molar-refractivity contribution in [2.24, 2.45) is 0 Å². The average molecular weight is 1170 g/mol. The molecule has 79 heavy (non-hydrogen) atoms. The second kappa shape index (κ2) is 28.2. The zero-order valence-corrected chi connectivity index (χ0v) is 41.7. The molecule has 36 heteroatoms. The van der Waals surface area contributed by atoms with E-state index in [4.69, 9.17) is 66.3 Å². The normalized spacial score (nSPS) is 53.0. The molecule has 0 bridgehead atoms. The van der Waals surface area contributed by atoms with Crippen LogP contribution in [-0.4, -0.2) is 381 Å². The lowest BCUT2D eigenvalue weighted by Gasteiger charge is -2.50. The highest BCUT2D eigenvalue weighted by atomic mass is 16.8. The van der Waals surface area contributed by atoms with E-state index in [1.54, 1.807) is 0 Å². The van der Waals surface area contributed by atoms with E-state index in [9.17, 15) is 112 Å². The first-order chi connectivity index (χ1) is 37.5. The molecule has 7 aliphatic heterocycles. The lowest BCUT2D eigenvalue weighted by atomic mass is 9.95. The van der Waals surface area contributed by atoms with Gasteiger partial charge < -0.3 is 179 Å². The molecule has 7 saturated heterocycles. The number of methoxy groups -OCH3 is 1.